The van der Waals surface area contributed by atoms with Crippen LogP contribution in [0.3, 0.4) is 0 Å². The topological polar surface area (TPSA) is 170 Å². The smallest absolute Gasteiger partial charge is 0.343 e. The van der Waals surface area contributed by atoms with Crippen molar-refractivity contribution in [1.29, 1.82) is 0 Å². The fourth-order valence-corrected chi connectivity index (χ4v) is 2.70. The number of guanidine groups is 1. The molecular formula is C20H18N4O6. The number of hydrogen-bond donors (Lipinski definition) is 4. The van der Waals surface area contributed by atoms with Gasteiger partial charge in [0.15, 0.2) is 12.6 Å². The van der Waals surface area contributed by atoms with Crippen LogP contribution in [0.4, 0.5) is 5.69 Å². The molecule has 10 nitrogen and oxygen atoms in total. The summed E-state index contributed by atoms with van der Waals surface area (Å²) in [7, 11) is 0. The number of H-pyrrole nitrogens is 1. The predicted octanol–water partition coefficient (Wildman–Crippen LogP) is 1.46. The van der Waals surface area contributed by atoms with Crippen LogP contribution in [0.2, 0.25) is 0 Å². The van der Waals surface area contributed by atoms with Gasteiger partial charge in [0.2, 0.25) is 0 Å². The summed E-state index contributed by atoms with van der Waals surface area (Å²) in [5, 5.41) is 9.23. The molecule has 0 unspecified atom stereocenters. The first-order chi connectivity index (χ1) is 14.3. The number of esters is 2. The highest BCUT2D eigenvalue weighted by molar-refractivity contribution is 5.93. The second-order valence-electron chi connectivity index (χ2n) is 6.23. The molecule has 10 heteroatoms. The molecule has 3 aromatic rings. The van der Waals surface area contributed by atoms with Crippen molar-refractivity contribution in [3.8, 4) is 5.75 Å². The van der Waals surface area contributed by atoms with Crippen molar-refractivity contribution in [2.45, 2.75) is 6.42 Å². The van der Waals surface area contributed by atoms with Gasteiger partial charge < -0.3 is 31.0 Å². The van der Waals surface area contributed by atoms with Gasteiger partial charge in [-0.15, -0.1) is 0 Å². The number of fused-ring (bicyclic) bond motifs is 1. The van der Waals surface area contributed by atoms with Crippen molar-refractivity contribution in [1.82, 2.24) is 4.98 Å². The summed E-state index contributed by atoms with van der Waals surface area (Å²) in [4.78, 5) is 41.5. The fourth-order valence-electron chi connectivity index (χ4n) is 2.70. The Kier molecular flexibility index (Phi) is 5.97. The van der Waals surface area contributed by atoms with Gasteiger partial charge in [0, 0.05) is 17.1 Å². The molecule has 30 heavy (non-hydrogen) atoms. The van der Waals surface area contributed by atoms with E-state index in [9.17, 15) is 14.4 Å². The number of carbonyl (C=O) groups excluding carboxylic acids is 2. The van der Waals surface area contributed by atoms with Crippen LogP contribution in [0.25, 0.3) is 10.9 Å². The van der Waals surface area contributed by atoms with E-state index in [1.807, 2.05) is 0 Å². The molecule has 3 rings (SSSR count). The molecule has 0 amide bonds. The molecule has 0 aliphatic heterocycles. The van der Waals surface area contributed by atoms with Gasteiger partial charge >= 0.3 is 17.9 Å². The minimum atomic E-state index is -1.23. The van der Waals surface area contributed by atoms with Crippen LogP contribution >= 0.6 is 0 Å². The maximum atomic E-state index is 12.4. The number of hydrogen-bond acceptors (Lipinski definition) is 6. The minimum absolute atomic E-state index is 0.0900. The molecule has 154 valence electrons. The van der Waals surface area contributed by atoms with Gasteiger partial charge in [-0.1, -0.05) is 0 Å². The van der Waals surface area contributed by atoms with Crippen LogP contribution < -0.4 is 16.2 Å². The van der Waals surface area contributed by atoms with E-state index in [-0.39, 0.29) is 18.1 Å². The molecule has 0 saturated carbocycles. The predicted molar refractivity (Wildman–Crippen MR) is 107 cm³/mol. The third-order valence-electron chi connectivity index (χ3n) is 4.00. The number of ether oxygens (including phenoxy) is 2. The number of aliphatic carboxylic acids is 1. The first kappa shape index (κ1) is 20.4. The Morgan fingerprint density at radius 3 is 2.47 bits per heavy atom. The number of benzene rings is 2. The van der Waals surface area contributed by atoms with Crippen LogP contribution in [0.5, 0.6) is 5.75 Å². The van der Waals surface area contributed by atoms with E-state index in [1.54, 1.807) is 36.5 Å². The van der Waals surface area contributed by atoms with Gasteiger partial charge in [0.1, 0.15) is 5.75 Å². The van der Waals surface area contributed by atoms with Gasteiger partial charge in [-0.3, -0.25) is 4.79 Å². The lowest BCUT2D eigenvalue weighted by Gasteiger charge is -2.06. The largest absolute Gasteiger partial charge is 0.479 e. The van der Waals surface area contributed by atoms with Crippen LogP contribution in [-0.2, 0) is 20.7 Å². The molecule has 1 aromatic heterocycles. The third-order valence-corrected chi connectivity index (χ3v) is 4.00. The summed E-state index contributed by atoms with van der Waals surface area (Å²) in [5.41, 5.74) is 12.7. The summed E-state index contributed by atoms with van der Waals surface area (Å²) in [5.74, 6) is -2.30. The summed E-state index contributed by atoms with van der Waals surface area (Å²) < 4.78 is 10.1. The molecule has 0 aliphatic carbocycles. The van der Waals surface area contributed by atoms with Crippen LogP contribution in [0.15, 0.2) is 53.7 Å². The Balaban J connectivity index is 1.73. The number of nitrogens with one attached hydrogen (secondary N) is 1. The standard InChI is InChI=1S/C20H18N4O6/c21-20(22)24-13-3-1-11(2-4-13)19(28)30-14-5-6-16-15(8-14)12(9-23-16)7-18(27)29-10-17(25)26/h1-6,8-9,23H,7,10H2,(H,25,26)(H4,21,22,24). The maximum absolute atomic E-state index is 12.4. The lowest BCUT2D eigenvalue weighted by molar-refractivity contribution is -0.154. The number of nitrogens with zero attached hydrogens (tertiary/aromatic N) is 1. The number of carboxylic acid groups (broad SMARTS) is 1. The zero-order chi connectivity index (χ0) is 21.7. The average molecular weight is 410 g/mol. The summed E-state index contributed by atoms with van der Waals surface area (Å²) in [6.07, 6.45) is 1.48. The van der Waals surface area contributed by atoms with E-state index in [0.717, 1.165) is 5.52 Å². The van der Waals surface area contributed by atoms with Crippen molar-refractivity contribution in [2.75, 3.05) is 6.61 Å². The number of carboxylic acids is 1. The highest BCUT2D eigenvalue weighted by Crippen LogP contribution is 2.25. The van der Waals surface area contributed by atoms with Gasteiger partial charge in [0.05, 0.1) is 17.7 Å². The molecule has 0 saturated heterocycles. The van der Waals surface area contributed by atoms with E-state index in [0.29, 0.717) is 22.2 Å². The van der Waals surface area contributed by atoms with Crippen molar-refractivity contribution < 1.29 is 29.0 Å². The first-order valence-corrected chi connectivity index (χ1v) is 8.71. The lowest BCUT2D eigenvalue weighted by Crippen LogP contribution is -2.21. The number of rotatable bonds is 7. The molecule has 6 N–H and O–H groups in total. The molecule has 0 atom stereocenters. The summed E-state index contributed by atoms with van der Waals surface area (Å²) in [6.45, 7) is -0.702. The highest BCUT2D eigenvalue weighted by atomic mass is 16.5. The fraction of sp³-hybridized carbons (Fsp3) is 0.100. The van der Waals surface area contributed by atoms with E-state index < -0.39 is 24.5 Å². The second-order valence-corrected chi connectivity index (χ2v) is 6.23. The number of aromatic amines is 1. The Morgan fingerprint density at radius 2 is 1.80 bits per heavy atom. The Bertz CT molecular complexity index is 1130. The molecule has 0 fully saturated rings. The van der Waals surface area contributed by atoms with Gasteiger partial charge in [-0.05, 0) is 48.0 Å². The van der Waals surface area contributed by atoms with E-state index in [4.69, 9.17) is 21.3 Å². The number of aromatic nitrogens is 1. The molecule has 0 aliphatic rings. The number of aliphatic imine (C=N–C) groups is 1. The molecule has 0 spiro atoms. The second kappa shape index (κ2) is 8.78. The normalized spacial score (nSPS) is 10.4. The molecule has 1 heterocycles. The van der Waals surface area contributed by atoms with Crippen molar-refractivity contribution in [3.63, 3.8) is 0 Å². The minimum Gasteiger partial charge on any atom is -0.479 e. The van der Waals surface area contributed by atoms with E-state index in [1.165, 1.54) is 12.1 Å². The van der Waals surface area contributed by atoms with Gasteiger partial charge in [0.25, 0.3) is 0 Å². The zero-order valence-corrected chi connectivity index (χ0v) is 15.6. The molecule has 0 bridgehead atoms. The van der Waals surface area contributed by atoms with Gasteiger partial charge in [-0.25, -0.2) is 14.6 Å². The van der Waals surface area contributed by atoms with Crippen LogP contribution in [-0.4, -0.2) is 40.6 Å². The molecule has 2 aromatic carbocycles. The SMILES string of the molecule is NC(N)=Nc1ccc(C(=O)Oc2ccc3[nH]cc(CC(=O)OCC(=O)O)c3c2)cc1. The summed E-state index contributed by atoms with van der Waals surface area (Å²) in [6, 6.07) is 11.1. The number of carbonyl (C=O) groups is 3. The Morgan fingerprint density at radius 1 is 1.07 bits per heavy atom. The van der Waals surface area contributed by atoms with E-state index >= 15 is 0 Å². The summed E-state index contributed by atoms with van der Waals surface area (Å²) >= 11 is 0. The quantitative estimate of drug-likeness (QED) is 0.196. The maximum Gasteiger partial charge on any atom is 0.343 e. The third kappa shape index (κ3) is 5.13. The highest BCUT2D eigenvalue weighted by Gasteiger charge is 2.14. The monoisotopic (exact) mass is 410 g/mol. The van der Waals surface area contributed by atoms with E-state index in [2.05, 4.69) is 14.7 Å². The zero-order valence-electron chi connectivity index (χ0n) is 15.6. The van der Waals surface area contributed by atoms with Crippen LogP contribution in [0, 0.1) is 0 Å². The van der Waals surface area contributed by atoms with Gasteiger partial charge in [-0.2, -0.15) is 0 Å². The van der Waals surface area contributed by atoms with Crippen LogP contribution in [0.1, 0.15) is 15.9 Å². The number of nitrogens with two attached hydrogens (primary N) is 2. The van der Waals surface area contributed by atoms with Crippen molar-refractivity contribution in [3.05, 3.63) is 59.8 Å². The Hall–Kier alpha value is -4.34. The van der Waals surface area contributed by atoms with Crippen molar-refractivity contribution in [2.24, 2.45) is 16.5 Å². The average Bonchev–Trinajstić information content (AvgIpc) is 3.08. The molecule has 0 radical (unpaired) electrons. The lowest BCUT2D eigenvalue weighted by atomic mass is 10.1. The molecular weight excluding hydrogens is 392 g/mol. The van der Waals surface area contributed by atoms with Crippen molar-refractivity contribution >= 4 is 40.5 Å². The Labute approximate surface area is 170 Å². The first-order valence-electron chi connectivity index (χ1n) is 8.71.